The quantitative estimate of drug-likeness (QED) is 0.795. The highest BCUT2D eigenvalue weighted by Crippen LogP contribution is 2.24. The molecule has 2 nitrogen and oxygen atoms in total. The van der Waals surface area contributed by atoms with Crippen LogP contribution < -0.4 is 5.32 Å². The minimum atomic E-state index is -2.51. The fourth-order valence-electron chi connectivity index (χ4n) is 2.00. The van der Waals surface area contributed by atoms with Crippen LogP contribution in [0.5, 0.6) is 0 Å². The Labute approximate surface area is 121 Å². The monoisotopic (exact) mass is 335 g/mol. The Balaban J connectivity index is 2.79. The van der Waals surface area contributed by atoms with Crippen molar-refractivity contribution in [2.75, 3.05) is 6.61 Å². The van der Waals surface area contributed by atoms with E-state index in [0.29, 0.717) is 17.9 Å². The van der Waals surface area contributed by atoms with Crippen molar-refractivity contribution in [3.8, 4) is 0 Å². The number of hydrogen-bond donors (Lipinski definition) is 2. The molecule has 0 saturated heterocycles. The molecule has 0 unspecified atom stereocenters. The molecule has 0 saturated carbocycles. The third-order valence-corrected chi connectivity index (χ3v) is 3.40. The van der Waals surface area contributed by atoms with Gasteiger partial charge in [0.25, 0.3) is 6.43 Å². The Morgan fingerprint density at radius 2 is 1.79 bits per heavy atom. The van der Waals surface area contributed by atoms with Gasteiger partial charge in [0.05, 0.1) is 12.6 Å². The molecule has 0 fully saturated rings. The molecule has 0 aliphatic heterocycles. The summed E-state index contributed by atoms with van der Waals surface area (Å²) in [5, 5.41) is 12.1. The second-order valence-electron chi connectivity index (χ2n) is 5.04. The van der Waals surface area contributed by atoms with Crippen molar-refractivity contribution in [1.29, 1.82) is 0 Å². The van der Waals surface area contributed by atoms with E-state index in [4.69, 9.17) is 0 Å². The minimum absolute atomic E-state index is 0.141. The largest absolute Gasteiger partial charge is 0.395 e. The first-order valence-electron chi connectivity index (χ1n) is 6.34. The number of alkyl halides is 2. The van der Waals surface area contributed by atoms with Crippen molar-refractivity contribution in [2.45, 2.75) is 38.8 Å². The molecule has 1 aromatic rings. The van der Waals surface area contributed by atoms with Gasteiger partial charge in [0.1, 0.15) is 0 Å². The van der Waals surface area contributed by atoms with Gasteiger partial charge in [0, 0.05) is 10.5 Å². The maximum Gasteiger partial charge on any atom is 0.257 e. The third kappa shape index (κ3) is 5.55. The van der Waals surface area contributed by atoms with Gasteiger partial charge in [-0.3, -0.25) is 0 Å². The van der Waals surface area contributed by atoms with E-state index in [2.05, 4.69) is 21.2 Å². The zero-order chi connectivity index (χ0) is 14.4. The van der Waals surface area contributed by atoms with Gasteiger partial charge in [-0.25, -0.2) is 8.78 Å². The Hall–Kier alpha value is -0.520. The highest BCUT2D eigenvalue weighted by molar-refractivity contribution is 9.10. The lowest BCUT2D eigenvalue weighted by Gasteiger charge is -2.25. The molecular formula is C14H20BrF2NO. The van der Waals surface area contributed by atoms with Gasteiger partial charge in [0.2, 0.25) is 0 Å². The lowest BCUT2D eigenvalue weighted by atomic mass is 10.0. The molecule has 2 N–H and O–H groups in total. The van der Waals surface area contributed by atoms with Crippen LogP contribution >= 0.6 is 15.9 Å². The van der Waals surface area contributed by atoms with Crippen molar-refractivity contribution < 1.29 is 13.9 Å². The summed E-state index contributed by atoms with van der Waals surface area (Å²) in [4.78, 5) is 0. The standard InChI is InChI=1S/C14H20BrF2NO/c1-9(2)7-12(8-19)18-13(14(16)17)10-3-5-11(15)6-4-10/h3-6,9,12-14,18-19H,7-8H2,1-2H3/t12-,13-/m0/s1. The van der Waals surface area contributed by atoms with Crippen LogP contribution in [-0.4, -0.2) is 24.2 Å². The summed E-state index contributed by atoms with van der Waals surface area (Å²) in [6, 6.07) is 5.44. The molecule has 1 rings (SSSR count). The zero-order valence-electron chi connectivity index (χ0n) is 11.1. The Morgan fingerprint density at radius 1 is 1.21 bits per heavy atom. The van der Waals surface area contributed by atoms with Crippen LogP contribution in [0.2, 0.25) is 0 Å². The van der Waals surface area contributed by atoms with E-state index >= 15 is 0 Å². The molecule has 0 radical (unpaired) electrons. The molecule has 0 amide bonds. The summed E-state index contributed by atoms with van der Waals surface area (Å²) in [6.07, 6.45) is -1.85. The van der Waals surface area contributed by atoms with E-state index in [-0.39, 0.29) is 12.6 Å². The maximum absolute atomic E-state index is 13.2. The topological polar surface area (TPSA) is 32.3 Å². The summed E-state index contributed by atoms with van der Waals surface area (Å²) in [5.41, 5.74) is 0.528. The first-order valence-corrected chi connectivity index (χ1v) is 7.13. The number of aliphatic hydroxyl groups is 1. The summed E-state index contributed by atoms with van der Waals surface area (Å²) >= 11 is 3.28. The number of nitrogens with one attached hydrogen (secondary N) is 1. The second kappa shape index (κ2) is 7.92. The maximum atomic E-state index is 13.2. The molecule has 0 spiro atoms. The lowest BCUT2D eigenvalue weighted by molar-refractivity contribution is 0.0818. The summed E-state index contributed by atoms with van der Waals surface area (Å²) in [5.74, 6) is 0.341. The van der Waals surface area contributed by atoms with Gasteiger partial charge in [-0.05, 0) is 30.0 Å². The average Bonchev–Trinajstić information content (AvgIpc) is 2.35. The van der Waals surface area contributed by atoms with Gasteiger partial charge in [0.15, 0.2) is 0 Å². The molecule has 0 bridgehead atoms. The van der Waals surface area contributed by atoms with Crippen LogP contribution in [0.1, 0.15) is 31.9 Å². The third-order valence-electron chi connectivity index (χ3n) is 2.87. The van der Waals surface area contributed by atoms with Crippen LogP contribution in [0.3, 0.4) is 0 Å². The number of rotatable bonds is 7. The molecule has 108 valence electrons. The van der Waals surface area contributed by atoms with Gasteiger partial charge < -0.3 is 10.4 Å². The summed E-state index contributed by atoms with van der Waals surface area (Å²) in [6.45, 7) is 3.86. The first-order chi connectivity index (χ1) is 8.93. The van der Waals surface area contributed by atoms with Crippen molar-refractivity contribution in [2.24, 2.45) is 5.92 Å². The normalized spacial score (nSPS) is 14.9. The summed E-state index contributed by atoms with van der Waals surface area (Å²) in [7, 11) is 0. The van der Waals surface area contributed by atoms with Crippen LogP contribution in [0.4, 0.5) is 8.78 Å². The molecule has 0 heterocycles. The van der Waals surface area contributed by atoms with Crippen LogP contribution in [0.25, 0.3) is 0 Å². The molecule has 0 aromatic heterocycles. The fourth-order valence-corrected chi connectivity index (χ4v) is 2.27. The molecule has 19 heavy (non-hydrogen) atoms. The molecule has 2 atom stereocenters. The van der Waals surface area contributed by atoms with E-state index in [1.807, 2.05) is 13.8 Å². The van der Waals surface area contributed by atoms with E-state index < -0.39 is 12.5 Å². The van der Waals surface area contributed by atoms with Crippen molar-refractivity contribution >= 4 is 15.9 Å². The number of halogens is 3. The van der Waals surface area contributed by atoms with E-state index in [9.17, 15) is 13.9 Å². The van der Waals surface area contributed by atoms with Gasteiger partial charge >= 0.3 is 0 Å². The molecule has 5 heteroatoms. The highest BCUT2D eigenvalue weighted by Gasteiger charge is 2.25. The zero-order valence-corrected chi connectivity index (χ0v) is 12.7. The highest BCUT2D eigenvalue weighted by atomic mass is 79.9. The van der Waals surface area contributed by atoms with E-state index in [0.717, 1.165) is 4.47 Å². The molecule has 0 aliphatic rings. The van der Waals surface area contributed by atoms with Crippen molar-refractivity contribution in [3.05, 3.63) is 34.3 Å². The second-order valence-corrected chi connectivity index (χ2v) is 5.96. The van der Waals surface area contributed by atoms with Crippen LogP contribution in [0.15, 0.2) is 28.7 Å². The first kappa shape index (κ1) is 16.5. The smallest absolute Gasteiger partial charge is 0.257 e. The number of aliphatic hydroxyl groups excluding tert-OH is 1. The average molecular weight is 336 g/mol. The van der Waals surface area contributed by atoms with Crippen LogP contribution in [0, 0.1) is 5.92 Å². The van der Waals surface area contributed by atoms with E-state index in [1.54, 1.807) is 24.3 Å². The molecule has 1 aromatic carbocycles. The van der Waals surface area contributed by atoms with Crippen molar-refractivity contribution in [3.63, 3.8) is 0 Å². The van der Waals surface area contributed by atoms with Gasteiger partial charge in [-0.2, -0.15) is 0 Å². The molecule has 0 aliphatic carbocycles. The Morgan fingerprint density at radius 3 is 2.21 bits per heavy atom. The van der Waals surface area contributed by atoms with Gasteiger partial charge in [-0.15, -0.1) is 0 Å². The fraction of sp³-hybridized carbons (Fsp3) is 0.571. The Bertz CT molecular complexity index is 370. The predicted molar refractivity (Wildman–Crippen MR) is 76.4 cm³/mol. The number of benzene rings is 1. The van der Waals surface area contributed by atoms with E-state index in [1.165, 1.54) is 0 Å². The lowest BCUT2D eigenvalue weighted by Crippen LogP contribution is -2.39. The van der Waals surface area contributed by atoms with Gasteiger partial charge in [-0.1, -0.05) is 41.9 Å². The Kier molecular flexibility index (Phi) is 6.89. The predicted octanol–water partition coefficient (Wildman–Crippen LogP) is 3.75. The minimum Gasteiger partial charge on any atom is -0.395 e. The summed E-state index contributed by atoms with van der Waals surface area (Å²) < 4.78 is 27.2. The van der Waals surface area contributed by atoms with Crippen molar-refractivity contribution in [1.82, 2.24) is 5.32 Å². The number of hydrogen-bond acceptors (Lipinski definition) is 2. The van der Waals surface area contributed by atoms with Crippen LogP contribution in [-0.2, 0) is 0 Å². The molecular weight excluding hydrogens is 316 g/mol. The SMILES string of the molecule is CC(C)C[C@@H](CO)N[C@@H](c1ccc(Br)cc1)C(F)F.